The van der Waals surface area contributed by atoms with Crippen LogP contribution in [0.4, 0.5) is 0 Å². The van der Waals surface area contributed by atoms with Gasteiger partial charge in [0.1, 0.15) is 6.04 Å². The minimum absolute atomic E-state index is 0.00502. The number of amides is 4. The zero-order valence-electron chi connectivity index (χ0n) is 25.5. The third-order valence-electron chi connectivity index (χ3n) is 6.76. The molecule has 1 saturated heterocycles. The third-order valence-corrected chi connectivity index (χ3v) is 6.76. The molecule has 0 radical (unpaired) electrons. The summed E-state index contributed by atoms with van der Waals surface area (Å²) in [5, 5.41) is 0.505. The summed E-state index contributed by atoms with van der Waals surface area (Å²) in [5.41, 5.74) is -0.779. The van der Waals surface area contributed by atoms with Crippen molar-refractivity contribution in [1.82, 2.24) is 19.8 Å². The van der Waals surface area contributed by atoms with Crippen molar-refractivity contribution in [2.75, 3.05) is 28.2 Å². The molecule has 0 bridgehead atoms. The van der Waals surface area contributed by atoms with E-state index >= 15 is 0 Å². The Morgan fingerprint density at radius 3 is 1.61 bits per heavy atom. The van der Waals surface area contributed by atoms with Crippen LogP contribution in [-0.2, 0) is 28.8 Å². The van der Waals surface area contributed by atoms with Crippen LogP contribution >= 0.6 is 0 Å². The summed E-state index contributed by atoms with van der Waals surface area (Å²) >= 11 is 0. The van der Waals surface area contributed by atoms with Crippen LogP contribution in [0.15, 0.2) is 11.6 Å². The first kappa shape index (κ1) is 33.3. The molecule has 0 spiro atoms. The van der Waals surface area contributed by atoms with Gasteiger partial charge in [-0.25, -0.2) is 4.79 Å². The van der Waals surface area contributed by atoms with Crippen molar-refractivity contribution in [1.29, 1.82) is 0 Å². The maximum atomic E-state index is 14.0. The molecule has 4 amide bonds. The quantitative estimate of drug-likeness (QED) is 0.329. The van der Waals surface area contributed by atoms with Gasteiger partial charge in [-0.1, -0.05) is 61.5 Å². The predicted molar refractivity (Wildman–Crippen MR) is 145 cm³/mol. The van der Waals surface area contributed by atoms with Crippen LogP contribution < -0.4 is 0 Å². The predicted octanol–water partition coefficient (Wildman–Crippen LogP) is 2.87. The Hall–Kier alpha value is -2.75. The Balaban J connectivity index is 3.32. The van der Waals surface area contributed by atoms with Crippen molar-refractivity contribution < 1.29 is 28.8 Å². The van der Waals surface area contributed by atoms with Gasteiger partial charge in [-0.15, -0.1) is 5.06 Å². The van der Waals surface area contributed by atoms with Gasteiger partial charge in [-0.05, 0) is 37.8 Å². The van der Waals surface area contributed by atoms with Gasteiger partial charge in [0.15, 0.2) is 0 Å². The number of hydrogen-bond acceptors (Lipinski definition) is 7. The van der Waals surface area contributed by atoms with Crippen molar-refractivity contribution in [3.05, 3.63) is 11.6 Å². The highest BCUT2D eigenvalue weighted by Crippen LogP contribution is 2.31. The summed E-state index contributed by atoms with van der Waals surface area (Å²) in [7, 11) is 7.03. The Kier molecular flexibility index (Phi) is 10.9. The molecule has 216 valence electrons. The first-order valence-corrected chi connectivity index (χ1v) is 13.1. The zero-order valence-corrected chi connectivity index (χ0v) is 25.5. The van der Waals surface area contributed by atoms with Gasteiger partial charge in [-0.2, -0.15) is 0 Å². The number of nitrogens with zero attached hydrogens (tertiary/aromatic N) is 4. The first-order valence-electron chi connectivity index (χ1n) is 13.1. The first-order chi connectivity index (χ1) is 17.1. The average Bonchev–Trinajstić information content (AvgIpc) is 3.06. The Labute approximate surface area is 228 Å². The van der Waals surface area contributed by atoms with Crippen LogP contribution in [-0.4, -0.2) is 95.7 Å². The standard InChI is InChI=1S/C28H48N4O6/c1-17(2)19(16-18(3)26(37)38-32-20(33)14-15-21(32)34)30(12)25(36)23(28(7,8)9)31(13)24(35)22(29(10)11)27(4,5)6/h16-17,19,22-23H,14-15H2,1-13H3/b18-16+/t19-,22-,23-/m1/s1. The van der Waals surface area contributed by atoms with E-state index in [-0.39, 0.29) is 41.6 Å². The molecule has 0 N–H and O–H groups in total. The fourth-order valence-electron chi connectivity index (χ4n) is 5.03. The molecule has 0 aromatic carbocycles. The van der Waals surface area contributed by atoms with E-state index in [0.29, 0.717) is 5.06 Å². The smallest absolute Gasteiger partial charge is 0.337 e. The van der Waals surface area contributed by atoms with E-state index in [1.807, 2.05) is 74.4 Å². The zero-order chi connectivity index (χ0) is 29.9. The number of carbonyl (C=O) groups excluding carboxylic acids is 5. The minimum atomic E-state index is -0.834. The van der Waals surface area contributed by atoms with Gasteiger partial charge in [0.05, 0.1) is 12.1 Å². The van der Waals surface area contributed by atoms with Gasteiger partial charge in [0.25, 0.3) is 11.8 Å². The number of hydroxylamine groups is 2. The van der Waals surface area contributed by atoms with Crippen LogP contribution in [0.3, 0.4) is 0 Å². The van der Waals surface area contributed by atoms with E-state index in [1.165, 1.54) is 6.92 Å². The van der Waals surface area contributed by atoms with Gasteiger partial charge >= 0.3 is 5.97 Å². The lowest BCUT2D eigenvalue weighted by Gasteiger charge is -2.44. The molecular formula is C28H48N4O6. The lowest BCUT2D eigenvalue weighted by Crippen LogP contribution is -2.61. The fraction of sp³-hybridized carbons (Fsp3) is 0.750. The highest BCUT2D eigenvalue weighted by molar-refractivity contribution is 6.02. The van der Waals surface area contributed by atoms with Gasteiger partial charge in [0, 0.05) is 32.5 Å². The van der Waals surface area contributed by atoms with E-state index in [1.54, 1.807) is 30.0 Å². The maximum absolute atomic E-state index is 14.0. The molecule has 0 aliphatic carbocycles. The molecule has 3 atom stereocenters. The maximum Gasteiger partial charge on any atom is 0.359 e. The number of hydrogen-bond donors (Lipinski definition) is 0. The molecule has 1 aliphatic heterocycles. The second-order valence-electron chi connectivity index (χ2n) is 12.9. The highest BCUT2D eigenvalue weighted by Gasteiger charge is 2.44. The summed E-state index contributed by atoms with van der Waals surface area (Å²) in [5.74, 6) is -2.46. The second-order valence-corrected chi connectivity index (χ2v) is 12.9. The monoisotopic (exact) mass is 536 g/mol. The molecule has 1 heterocycles. The number of imide groups is 1. The van der Waals surface area contributed by atoms with E-state index in [0.717, 1.165) is 0 Å². The molecule has 0 unspecified atom stereocenters. The van der Waals surface area contributed by atoms with Gasteiger partial charge < -0.3 is 14.6 Å². The van der Waals surface area contributed by atoms with Crippen LogP contribution in [0.5, 0.6) is 0 Å². The van der Waals surface area contributed by atoms with E-state index < -0.39 is 41.3 Å². The van der Waals surface area contributed by atoms with Crippen molar-refractivity contribution in [2.24, 2.45) is 16.7 Å². The van der Waals surface area contributed by atoms with Crippen molar-refractivity contribution in [2.45, 2.75) is 93.3 Å². The van der Waals surface area contributed by atoms with Crippen molar-refractivity contribution in [3.63, 3.8) is 0 Å². The SMILES string of the molecule is C/C(=C\[C@H](C(C)C)N(C)C(=O)[C@@H](N(C)C(=O)[C@@H](N(C)C)C(C)(C)C)C(C)(C)C)C(=O)ON1C(=O)CCC1=O. The molecule has 10 nitrogen and oxygen atoms in total. The second kappa shape index (κ2) is 12.4. The molecule has 38 heavy (non-hydrogen) atoms. The van der Waals surface area contributed by atoms with Gasteiger partial charge in [0.2, 0.25) is 11.8 Å². The molecule has 10 heteroatoms. The summed E-state index contributed by atoms with van der Waals surface area (Å²) in [6.07, 6.45) is 1.62. The Morgan fingerprint density at radius 1 is 0.816 bits per heavy atom. The molecular weight excluding hydrogens is 488 g/mol. The summed E-state index contributed by atoms with van der Waals surface area (Å²) in [6.45, 7) is 17.1. The number of carbonyl (C=O) groups is 5. The van der Waals surface area contributed by atoms with Crippen LogP contribution in [0, 0.1) is 16.7 Å². The molecule has 0 aromatic heterocycles. The van der Waals surface area contributed by atoms with Crippen molar-refractivity contribution >= 4 is 29.6 Å². The highest BCUT2D eigenvalue weighted by atomic mass is 16.7. The normalized spacial score (nSPS) is 17.6. The number of rotatable bonds is 9. The Bertz CT molecular complexity index is 941. The molecule has 1 aliphatic rings. The number of likely N-dealkylation sites (N-methyl/N-ethyl adjacent to an activating group) is 3. The van der Waals surface area contributed by atoms with Crippen LogP contribution in [0.25, 0.3) is 0 Å². The summed E-state index contributed by atoms with van der Waals surface area (Å²) in [4.78, 5) is 74.1. The lowest BCUT2D eigenvalue weighted by molar-refractivity contribution is -0.194. The minimum Gasteiger partial charge on any atom is -0.337 e. The summed E-state index contributed by atoms with van der Waals surface area (Å²) in [6, 6.07) is -1.73. The molecule has 0 saturated carbocycles. The molecule has 0 aromatic rings. The fourth-order valence-corrected chi connectivity index (χ4v) is 5.03. The van der Waals surface area contributed by atoms with Gasteiger partial charge in [-0.3, -0.25) is 24.1 Å². The van der Waals surface area contributed by atoms with Crippen molar-refractivity contribution in [3.8, 4) is 0 Å². The van der Waals surface area contributed by atoms with Crippen LogP contribution in [0.1, 0.15) is 75.2 Å². The van der Waals surface area contributed by atoms with E-state index in [9.17, 15) is 24.0 Å². The average molecular weight is 537 g/mol. The Morgan fingerprint density at radius 2 is 1.24 bits per heavy atom. The largest absolute Gasteiger partial charge is 0.359 e. The van der Waals surface area contributed by atoms with E-state index in [4.69, 9.17) is 4.84 Å². The summed E-state index contributed by atoms with van der Waals surface area (Å²) < 4.78 is 0. The topological polar surface area (TPSA) is 108 Å². The van der Waals surface area contributed by atoms with E-state index in [2.05, 4.69) is 0 Å². The third kappa shape index (κ3) is 7.88. The molecule has 1 fully saturated rings. The molecule has 1 rings (SSSR count). The van der Waals surface area contributed by atoms with Crippen LogP contribution in [0.2, 0.25) is 0 Å². The lowest BCUT2D eigenvalue weighted by atomic mass is 9.81.